The highest BCUT2D eigenvalue weighted by molar-refractivity contribution is 5.86. The van der Waals surface area contributed by atoms with Crippen LogP contribution in [0.3, 0.4) is 0 Å². The summed E-state index contributed by atoms with van der Waals surface area (Å²) in [4.78, 5) is 3.52. The molecule has 3 rings (SSSR count). The highest BCUT2D eigenvalue weighted by atomic mass is 16.5. The summed E-state index contributed by atoms with van der Waals surface area (Å²) in [5.74, 6) is 0.934. The Kier molecular flexibility index (Phi) is 3.00. The second-order valence-electron chi connectivity index (χ2n) is 5.01. The molecule has 96 valence electrons. The topological polar surface area (TPSA) is 51.0 Å². The van der Waals surface area contributed by atoms with Gasteiger partial charge in [-0.2, -0.15) is 0 Å². The largest absolute Gasteiger partial charge is 0.494 e. The molecule has 1 heterocycles. The van der Waals surface area contributed by atoms with Crippen LogP contribution < -0.4 is 10.5 Å². The van der Waals surface area contributed by atoms with E-state index in [9.17, 15) is 0 Å². The van der Waals surface area contributed by atoms with Gasteiger partial charge in [0.25, 0.3) is 0 Å². The maximum atomic E-state index is 6.32. The minimum atomic E-state index is 0.160. The number of ether oxygens (including phenoxy) is 1. The van der Waals surface area contributed by atoms with Crippen LogP contribution in [0, 0.1) is 0 Å². The van der Waals surface area contributed by atoms with Crippen LogP contribution in [0.1, 0.15) is 43.5 Å². The van der Waals surface area contributed by atoms with E-state index in [1.54, 1.807) is 0 Å². The number of fused-ring (bicyclic) bond motifs is 3. The molecule has 1 aromatic heterocycles. The molecule has 18 heavy (non-hydrogen) atoms. The zero-order valence-electron chi connectivity index (χ0n) is 10.8. The van der Waals surface area contributed by atoms with Crippen LogP contribution >= 0.6 is 0 Å². The molecule has 2 aromatic rings. The molecule has 0 aliphatic heterocycles. The zero-order chi connectivity index (χ0) is 12.5. The molecule has 3 N–H and O–H groups in total. The molecule has 3 nitrogen and oxygen atoms in total. The van der Waals surface area contributed by atoms with E-state index in [-0.39, 0.29) is 6.04 Å². The second-order valence-corrected chi connectivity index (χ2v) is 5.01. The first-order valence-electron chi connectivity index (χ1n) is 6.82. The molecular weight excluding hydrogens is 224 g/mol. The zero-order valence-corrected chi connectivity index (χ0v) is 10.8. The van der Waals surface area contributed by atoms with Gasteiger partial charge in [0.1, 0.15) is 5.75 Å². The molecule has 1 aromatic carbocycles. The average Bonchev–Trinajstić information content (AvgIpc) is 2.62. The monoisotopic (exact) mass is 244 g/mol. The molecule has 0 saturated carbocycles. The Morgan fingerprint density at radius 3 is 3.11 bits per heavy atom. The van der Waals surface area contributed by atoms with E-state index in [2.05, 4.69) is 17.1 Å². The molecule has 0 fully saturated rings. The number of aryl methyl sites for hydroxylation is 1. The third kappa shape index (κ3) is 1.89. The number of nitrogens with one attached hydrogen (secondary N) is 1. The third-order valence-electron chi connectivity index (χ3n) is 3.77. The van der Waals surface area contributed by atoms with E-state index in [0.717, 1.165) is 18.6 Å². The van der Waals surface area contributed by atoms with Crippen molar-refractivity contribution in [2.45, 2.75) is 38.6 Å². The highest BCUT2D eigenvalue weighted by Gasteiger charge is 2.20. The van der Waals surface area contributed by atoms with Crippen molar-refractivity contribution in [3.8, 4) is 5.75 Å². The van der Waals surface area contributed by atoms with Gasteiger partial charge in [0.05, 0.1) is 6.61 Å². The summed E-state index contributed by atoms with van der Waals surface area (Å²) >= 11 is 0. The first kappa shape index (κ1) is 11.6. The van der Waals surface area contributed by atoms with Crippen molar-refractivity contribution >= 4 is 10.9 Å². The van der Waals surface area contributed by atoms with Crippen molar-refractivity contribution in [3.05, 3.63) is 29.5 Å². The van der Waals surface area contributed by atoms with Crippen LogP contribution in [-0.2, 0) is 6.42 Å². The molecule has 3 heteroatoms. The molecular formula is C15H20N2O. The van der Waals surface area contributed by atoms with Gasteiger partial charge in [-0.1, -0.05) is 6.42 Å². The van der Waals surface area contributed by atoms with E-state index < -0.39 is 0 Å². The van der Waals surface area contributed by atoms with Gasteiger partial charge in [0.15, 0.2) is 0 Å². The number of hydrogen-bond acceptors (Lipinski definition) is 2. The molecule has 0 amide bonds. The lowest BCUT2D eigenvalue weighted by Crippen LogP contribution is -2.09. The average molecular weight is 244 g/mol. The summed E-state index contributed by atoms with van der Waals surface area (Å²) in [7, 11) is 0. The quantitative estimate of drug-likeness (QED) is 0.796. The standard InChI is InChI=1S/C15H20N2O/c1-2-18-10-7-8-13-11(9-10)15-12(16)5-3-4-6-14(15)17-13/h7-9,12,17H,2-6,16H2,1H3. The van der Waals surface area contributed by atoms with E-state index in [1.807, 2.05) is 13.0 Å². The maximum Gasteiger partial charge on any atom is 0.120 e. The minimum absolute atomic E-state index is 0.160. The van der Waals surface area contributed by atoms with Crippen LogP contribution in [0.4, 0.5) is 0 Å². The van der Waals surface area contributed by atoms with Gasteiger partial charge in [-0.15, -0.1) is 0 Å². The van der Waals surface area contributed by atoms with Crippen molar-refractivity contribution in [2.24, 2.45) is 5.73 Å². The maximum absolute atomic E-state index is 6.32. The predicted molar refractivity (Wildman–Crippen MR) is 74.0 cm³/mol. The summed E-state index contributed by atoms with van der Waals surface area (Å²) in [6.07, 6.45) is 4.64. The summed E-state index contributed by atoms with van der Waals surface area (Å²) in [6, 6.07) is 6.40. The number of aromatic nitrogens is 1. The van der Waals surface area contributed by atoms with Crippen molar-refractivity contribution in [3.63, 3.8) is 0 Å². The number of hydrogen-bond donors (Lipinski definition) is 2. The van der Waals surface area contributed by atoms with Gasteiger partial charge in [-0.05, 0) is 49.9 Å². The smallest absolute Gasteiger partial charge is 0.120 e. The lowest BCUT2D eigenvalue weighted by Gasteiger charge is -2.10. The Labute approximate surface area is 107 Å². The fraction of sp³-hybridized carbons (Fsp3) is 0.467. The molecule has 0 radical (unpaired) electrons. The molecule has 0 bridgehead atoms. The van der Waals surface area contributed by atoms with Gasteiger partial charge in [0, 0.05) is 22.6 Å². The van der Waals surface area contributed by atoms with Gasteiger partial charge >= 0.3 is 0 Å². The Morgan fingerprint density at radius 2 is 2.28 bits per heavy atom. The fourth-order valence-corrected chi connectivity index (χ4v) is 2.94. The van der Waals surface area contributed by atoms with Gasteiger partial charge in [0.2, 0.25) is 0 Å². The molecule has 0 spiro atoms. The van der Waals surface area contributed by atoms with Gasteiger partial charge < -0.3 is 15.5 Å². The summed E-state index contributed by atoms with van der Waals surface area (Å²) < 4.78 is 5.59. The van der Waals surface area contributed by atoms with E-state index >= 15 is 0 Å². The number of benzene rings is 1. The first-order valence-corrected chi connectivity index (χ1v) is 6.82. The minimum Gasteiger partial charge on any atom is -0.494 e. The number of aromatic amines is 1. The van der Waals surface area contributed by atoms with E-state index in [4.69, 9.17) is 10.5 Å². The van der Waals surface area contributed by atoms with Crippen molar-refractivity contribution < 1.29 is 4.74 Å². The van der Waals surface area contributed by atoms with Gasteiger partial charge in [-0.25, -0.2) is 0 Å². The van der Waals surface area contributed by atoms with Crippen molar-refractivity contribution in [1.29, 1.82) is 0 Å². The molecule has 1 atom stereocenters. The highest BCUT2D eigenvalue weighted by Crippen LogP contribution is 2.34. The molecule has 1 aliphatic carbocycles. The van der Waals surface area contributed by atoms with Crippen LogP contribution in [0.25, 0.3) is 10.9 Å². The fourth-order valence-electron chi connectivity index (χ4n) is 2.94. The lowest BCUT2D eigenvalue weighted by molar-refractivity contribution is 0.340. The molecule has 1 unspecified atom stereocenters. The predicted octanol–water partition coefficient (Wildman–Crippen LogP) is 3.29. The van der Waals surface area contributed by atoms with E-state index in [1.165, 1.54) is 35.0 Å². The summed E-state index contributed by atoms with van der Waals surface area (Å²) in [5, 5.41) is 1.24. The van der Waals surface area contributed by atoms with Crippen molar-refractivity contribution in [2.75, 3.05) is 6.61 Å². The normalized spacial score (nSPS) is 19.6. The molecule has 0 saturated heterocycles. The Bertz CT molecular complexity index is 559. The summed E-state index contributed by atoms with van der Waals surface area (Å²) in [5.41, 5.74) is 10.1. The Morgan fingerprint density at radius 1 is 1.39 bits per heavy atom. The van der Waals surface area contributed by atoms with Crippen LogP contribution in [0.2, 0.25) is 0 Å². The van der Waals surface area contributed by atoms with Crippen LogP contribution in [0.5, 0.6) is 5.75 Å². The Hall–Kier alpha value is -1.48. The third-order valence-corrected chi connectivity index (χ3v) is 3.77. The SMILES string of the molecule is CCOc1ccc2[nH]c3c(c2c1)C(N)CCCC3. The first-order chi connectivity index (χ1) is 8.79. The van der Waals surface area contributed by atoms with Crippen LogP contribution in [-0.4, -0.2) is 11.6 Å². The molecule has 1 aliphatic rings. The number of H-pyrrole nitrogens is 1. The Balaban J connectivity index is 2.15. The van der Waals surface area contributed by atoms with Gasteiger partial charge in [-0.3, -0.25) is 0 Å². The second kappa shape index (κ2) is 4.65. The van der Waals surface area contributed by atoms with Crippen LogP contribution in [0.15, 0.2) is 18.2 Å². The number of rotatable bonds is 2. The van der Waals surface area contributed by atoms with E-state index in [0.29, 0.717) is 6.61 Å². The summed E-state index contributed by atoms with van der Waals surface area (Å²) in [6.45, 7) is 2.71. The number of nitrogens with two attached hydrogens (primary N) is 1. The lowest BCUT2D eigenvalue weighted by atomic mass is 10.0. The van der Waals surface area contributed by atoms with Crippen molar-refractivity contribution in [1.82, 2.24) is 4.98 Å².